The summed E-state index contributed by atoms with van der Waals surface area (Å²) in [6.07, 6.45) is 3.37. The molecule has 0 fully saturated rings. The number of ketones is 1. The molecule has 0 atom stereocenters. The number of rotatable bonds is 13. The third kappa shape index (κ3) is 8.87. The molecule has 2 N–H and O–H groups in total. The average Bonchev–Trinajstić information content (AvgIpc) is 3.76. The van der Waals surface area contributed by atoms with E-state index in [0.29, 0.717) is 11.4 Å². The number of anilines is 2. The van der Waals surface area contributed by atoms with Crippen LogP contribution in [0.25, 0.3) is 21.8 Å². The molecule has 14 nitrogen and oxygen atoms in total. The molecule has 0 aliphatic heterocycles. The van der Waals surface area contributed by atoms with E-state index in [0.717, 1.165) is 38.2 Å². The predicted octanol–water partition coefficient (Wildman–Crippen LogP) is 5.07. The molecule has 0 amide bonds. The normalized spacial score (nSPS) is 11.6. The summed E-state index contributed by atoms with van der Waals surface area (Å²) in [5.74, 6) is -2.66. The van der Waals surface area contributed by atoms with Crippen molar-refractivity contribution < 1.29 is 39.9 Å². The van der Waals surface area contributed by atoms with E-state index in [9.17, 15) is 35.2 Å². The van der Waals surface area contributed by atoms with E-state index in [1.807, 2.05) is 0 Å². The fraction of sp³-hybridized carbons (Fsp3) is 0.263. The molecule has 0 aliphatic carbocycles. The highest BCUT2D eigenvalue weighted by atomic mass is 32.2. The highest BCUT2D eigenvalue weighted by Crippen LogP contribution is 2.29. The van der Waals surface area contributed by atoms with Crippen LogP contribution in [0.5, 0.6) is 0 Å². The summed E-state index contributed by atoms with van der Waals surface area (Å²) in [6.45, 7) is 2.45. The number of benzene rings is 4. The Morgan fingerprint density at radius 1 is 0.696 bits per heavy atom. The zero-order valence-electron chi connectivity index (χ0n) is 31.3. The number of halogens is 2. The highest BCUT2D eigenvalue weighted by Gasteiger charge is 2.25. The van der Waals surface area contributed by atoms with Gasteiger partial charge in [-0.15, -0.1) is 0 Å². The maximum absolute atomic E-state index is 14.6. The standard InChI is InChI=1S/C19H21FN4O3S.C19H20FN3O4S/c1-3-28(26,27)24(16-7-6-14-11-22-23(2)18(14)9-16)12-15-5-4-13(8-17(15)20)19(25)10-21;1-4-28(25,26)23(16-8-7-14-11-21-22(2)18(14)10-16)12-15-6-5-13(9-17(15)20)19(24)27-3/h4-9,11H,3,10,12,21H2,1-2H3;5-11H,4,12H2,1-3H3. The van der Waals surface area contributed by atoms with E-state index in [1.54, 1.807) is 72.3 Å². The Morgan fingerprint density at radius 3 is 1.52 bits per heavy atom. The van der Waals surface area contributed by atoms with Crippen LogP contribution < -0.4 is 14.3 Å². The number of methoxy groups -OCH3 is 1. The number of hydrogen-bond acceptors (Lipinski definition) is 10. The number of nitrogens with zero attached hydrogens (tertiary/aromatic N) is 6. The van der Waals surface area contributed by atoms with Gasteiger partial charge in [-0.3, -0.25) is 22.8 Å². The summed E-state index contributed by atoms with van der Waals surface area (Å²) >= 11 is 0. The summed E-state index contributed by atoms with van der Waals surface area (Å²) in [7, 11) is -2.62. The number of sulfonamides is 2. The fourth-order valence-corrected chi connectivity index (χ4v) is 7.95. The van der Waals surface area contributed by atoms with Crippen LogP contribution in [0.4, 0.5) is 20.2 Å². The molecule has 6 aromatic rings. The number of aromatic nitrogens is 4. The molecule has 0 saturated carbocycles. The number of ether oxygens (including phenoxy) is 1. The first-order valence-electron chi connectivity index (χ1n) is 17.3. The first-order chi connectivity index (χ1) is 26.5. The van der Waals surface area contributed by atoms with Crippen molar-refractivity contribution in [3.63, 3.8) is 0 Å². The first kappa shape index (κ1) is 41.4. The number of Topliss-reactive ketones (excluding diaryl/α,β-unsaturated/α-hetero) is 1. The zero-order valence-corrected chi connectivity index (χ0v) is 32.9. The molecule has 296 valence electrons. The minimum atomic E-state index is -3.68. The number of nitrogens with two attached hydrogens (primary N) is 1. The van der Waals surface area contributed by atoms with Gasteiger partial charge in [-0.05, 0) is 68.4 Å². The molecule has 2 heterocycles. The van der Waals surface area contributed by atoms with Crippen LogP contribution in [-0.4, -0.2) is 73.3 Å². The van der Waals surface area contributed by atoms with Gasteiger partial charge in [-0.25, -0.2) is 30.4 Å². The summed E-state index contributed by atoms with van der Waals surface area (Å²) in [4.78, 5) is 23.2. The number of hydrogen-bond donors (Lipinski definition) is 1. The quantitative estimate of drug-likeness (QED) is 0.122. The van der Waals surface area contributed by atoms with Crippen molar-refractivity contribution in [2.45, 2.75) is 26.9 Å². The van der Waals surface area contributed by atoms with Gasteiger partial charge in [0.2, 0.25) is 20.0 Å². The molecular weight excluding hydrogens is 769 g/mol. The summed E-state index contributed by atoms with van der Waals surface area (Å²) in [6, 6.07) is 18.1. The monoisotopic (exact) mass is 809 g/mol. The van der Waals surface area contributed by atoms with Gasteiger partial charge >= 0.3 is 5.97 Å². The Hall–Kier alpha value is -5.72. The van der Waals surface area contributed by atoms with Gasteiger partial charge in [0.1, 0.15) is 11.6 Å². The van der Waals surface area contributed by atoms with Crippen LogP contribution in [0, 0.1) is 11.6 Å². The molecule has 0 spiro atoms. The molecule has 56 heavy (non-hydrogen) atoms. The van der Waals surface area contributed by atoms with Crippen molar-refractivity contribution >= 4 is 65.0 Å². The SMILES string of the molecule is CCS(=O)(=O)N(Cc1ccc(C(=O)CN)cc1F)c1ccc2cnn(C)c2c1.CCS(=O)(=O)N(Cc1ccc(C(=O)OC)cc1F)c1ccc2cnn(C)c2c1. The van der Waals surface area contributed by atoms with E-state index >= 15 is 0 Å². The third-order valence-corrected chi connectivity index (χ3v) is 12.6. The zero-order chi connectivity index (χ0) is 40.9. The first-order valence-corrected chi connectivity index (χ1v) is 20.5. The Balaban J connectivity index is 0.000000214. The number of carbonyl (C=O) groups is 2. The molecule has 0 aliphatic rings. The van der Waals surface area contributed by atoms with Gasteiger partial charge in [0.05, 0.1) is 78.6 Å². The molecule has 18 heteroatoms. The van der Waals surface area contributed by atoms with Gasteiger partial charge in [-0.2, -0.15) is 10.2 Å². The average molecular weight is 810 g/mol. The molecule has 0 unspecified atom stereocenters. The van der Waals surface area contributed by atoms with Crippen LogP contribution in [0.3, 0.4) is 0 Å². The topological polar surface area (TPSA) is 180 Å². The largest absolute Gasteiger partial charge is 0.465 e. The van der Waals surface area contributed by atoms with Crippen molar-refractivity contribution in [2.24, 2.45) is 19.8 Å². The molecular formula is C38H41F2N7O7S2. The number of aryl methyl sites for hydroxylation is 2. The summed E-state index contributed by atoms with van der Waals surface area (Å²) in [5.41, 5.74) is 8.18. The van der Waals surface area contributed by atoms with Crippen LogP contribution >= 0.6 is 0 Å². The van der Waals surface area contributed by atoms with Gasteiger partial charge in [0.15, 0.2) is 5.78 Å². The Morgan fingerprint density at radius 2 is 1.12 bits per heavy atom. The molecule has 0 saturated heterocycles. The maximum atomic E-state index is 14.6. The van der Waals surface area contributed by atoms with Crippen molar-refractivity contribution in [2.75, 3.05) is 33.8 Å². The summed E-state index contributed by atoms with van der Waals surface area (Å²) < 4.78 is 90.1. The van der Waals surface area contributed by atoms with Crippen molar-refractivity contribution in [3.8, 4) is 0 Å². The lowest BCUT2D eigenvalue weighted by molar-refractivity contribution is 0.0600. The molecule has 0 radical (unpaired) electrons. The minimum absolute atomic E-state index is 0.0601. The number of esters is 1. The second kappa shape index (κ2) is 17.0. The van der Waals surface area contributed by atoms with Gasteiger partial charge in [-0.1, -0.05) is 18.2 Å². The second-order valence-corrected chi connectivity index (χ2v) is 16.9. The Bertz CT molecular complexity index is 2460. The van der Waals surface area contributed by atoms with Crippen LogP contribution in [-0.2, 0) is 52.0 Å². The van der Waals surface area contributed by atoms with Crippen LogP contribution in [0.2, 0.25) is 0 Å². The van der Waals surface area contributed by atoms with Crippen molar-refractivity contribution in [1.82, 2.24) is 19.6 Å². The van der Waals surface area contributed by atoms with E-state index in [-0.39, 0.29) is 59.2 Å². The lowest BCUT2D eigenvalue weighted by Gasteiger charge is -2.24. The van der Waals surface area contributed by atoms with E-state index in [1.165, 1.54) is 49.5 Å². The van der Waals surface area contributed by atoms with Crippen LogP contribution in [0.1, 0.15) is 45.7 Å². The molecule has 4 aromatic carbocycles. The fourth-order valence-electron chi connectivity index (χ4n) is 5.78. The number of carbonyl (C=O) groups excluding carboxylic acids is 2. The number of fused-ring (bicyclic) bond motifs is 2. The van der Waals surface area contributed by atoms with Gasteiger partial charge < -0.3 is 10.5 Å². The molecule has 0 bridgehead atoms. The predicted molar refractivity (Wildman–Crippen MR) is 210 cm³/mol. The van der Waals surface area contributed by atoms with Gasteiger partial charge in [0, 0.05) is 41.6 Å². The van der Waals surface area contributed by atoms with E-state index in [2.05, 4.69) is 14.9 Å². The van der Waals surface area contributed by atoms with Crippen LogP contribution in [0.15, 0.2) is 85.2 Å². The lowest BCUT2D eigenvalue weighted by Crippen LogP contribution is -2.32. The Kier molecular flexibility index (Phi) is 12.6. The van der Waals surface area contributed by atoms with Crippen molar-refractivity contribution in [3.05, 3.63) is 119 Å². The molecule has 6 rings (SSSR count). The summed E-state index contributed by atoms with van der Waals surface area (Å²) in [5, 5.41) is 10.1. The minimum Gasteiger partial charge on any atom is -0.465 e. The second-order valence-electron chi connectivity index (χ2n) is 12.6. The maximum Gasteiger partial charge on any atom is 0.337 e. The Labute approximate surface area is 323 Å². The van der Waals surface area contributed by atoms with Gasteiger partial charge in [0.25, 0.3) is 0 Å². The smallest absolute Gasteiger partial charge is 0.337 e. The lowest BCUT2D eigenvalue weighted by atomic mass is 10.1. The highest BCUT2D eigenvalue weighted by molar-refractivity contribution is 7.93. The third-order valence-electron chi connectivity index (χ3n) is 9.11. The molecule has 2 aromatic heterocycles. The van der Waals surface area contributed by atoms with E-state index < -0.39 is 37.7 Å². The van der Waals surface area contributed by atoms with Crippen molar-refractivity contribution in [1.29, 1.82) is 0 Å². The van der Waals surface area contributed by atoms with E-state index in [4.69, 9.17) is 5.73 Å².